The Morgan fingerprint density at radius 1 is 1.00 bits per heavy atom. The highest BCUT2D eigenvalue weighted by Crippen LogP contribution is 2.26. The average Bonchev–Trinajstić information content (AvgIpc) is 2.68. The molecule has 0 saturated heterocycles. The summed E-state index contributed by atoms with van der Waals surface area (Å²) in [5.41, 5.74) is 2.36. The zero-order valence-corrected chi connectivity index (χ0v) is 15.2. The molecule has 26 heavy (non-hydrogen) atoms. The largest absolute Gasteiger partial charge is 0.495 e. The molecule has 0 unspecified atom stereocenters. The number of hydrogen-bond acceptors (Lipinski definition) is 5. The predicted molar refractivity (Wildman–Crippen MR) is 104 cm³/mol. The minimum Gasteiger partial charge on any atom is -0.495 e. The van der Waals surface area contributed by atoms with Crippen LogP contribution in [0.5, 0.6) is 5.75 Å². The number of amides is 1. The van der Waals surface area contributed by atoms with Crippen molar-refractivity contribution < 1.29 is 9.53 Å². The third-order valence-electron chi connectivity index (χ3n) is 4.19. The van der Waals surface area contributed by atoms with Crippen LogP contribution < -0.4 is 15.0 Å². The number of hydrogen-bond donors (Lipinski definition) is 1. The van der Waals surface area contributed by atoms with Gasteiger partial charge >= 0.3 is 0 Å². The van der Waals surface area contributed by atoms with Gasteiger partial charge in [0.1, 0.15) is 5.75 Å². The maximum atomic E-state index is 13.0. The first kappa shape index (κ1) is 17.7. The third kappa shape index (κ3) is 3.44. The summed E-state index contributed by atoms with van der Waals surface area (Å²) in [7, 11) is 1.57. The summed E-state index contributed by atoms with van der Waals surface area (Å²) in [5.74, 6) is 0.870. The van der Waals surface area contributed by atoms with E-state index in [-0.39, 0.29) is 5.91 Å². The lowest BCUT2D eigenvalue weighted by Gasteiger charge is -2.22. The molecule has 0 atom stereocenters. The number of ether oxygens (including phenoxy) is 1. The van der Waals surface area contributed by atoms with Crippen LogP contribution in [0.25, 0.3) is 11.0 Å². The van der Waals surface area contributed by atoms with E-state index in [1.807, 2.05) is 55.1 Å². The summed E-state index contributed by atoms with van der Waals surface area (Å²) in [6.45, 7) is 5.53. The van der Waals surface area contributed by atoms with Gasteiger partial charge in [-0.05, 0) is 38.1 Å². The monoisotopic (exact) mass is 350 g/mol. The van der Waals surface area contributed by atoms with E-state index in [0.29, 0.717) is 28.5 Å². The number of para-hydroxylation sites is 4. The minimum absolute atomic E-state index is 0.304. The first-order chi connectivity index (χ1) is 12.7. The van der Waals surface area contributed by atoms with Gasteiger partial charge in [0.25, 0.3) is 5.91 Å². The van der Waals surface area contributed by atoms with Gasteiger partial charge in [0.2, 0.25) is 0 Å². The van der Waals surface area contributed by atoms with Crippen LogP contribution in [0.1, 0.15) is 24.3 Å². The van der Waals surface area contributed by atoms with E-state index in [0.717, 1.165) is 18.6 Å². The van der Waals surface area contributed by atoms with Gasteiger partial charge in [0.15, 0.2) is 11.5 Å². The van der Waals surface area contributed by atoms with Crippen molar-refractivity contribution in [2.45, 2.75) is 13.8 Å². The SMILES string of the molecule is CCN(CC)c1nc2ccccc2nc1C(=O)Nc1ccccc1OC. The number of nitrogens with one attached hydrogen (secondary N) is 1. The topological polar surface area (TPSA) is 67.4 Å². The lowest BCUT2D eigenvalue weighted by molar-refractivity contribution is 0.102. The van der Waals surface area contributed by atoms with Crippen LogP contribution in [0, 0.1) is 0 Å². The van der Waals surface area contributed by atoms with E-state index in [1.165, 1.54) is 0 Å². The van der Waals surface area contributed by atoms with Crippen molar-refractivity contribution >= 4 is 28.4 Å². The van der Waals surface area contributed by atoms with Crippen molar-refractivity contribution in [3.63, 3.8) is 0 Å². The van der Waals surface area contributed by atoms with Gasteiger partial charge in [0.05, 0.1) is 23.8 Å². The summed E-state index contributed by atoms with van der Waals surface area (Å²) >= 11 is 0. The zero-order chi connectivity index (χ0) is 18.5. The molecule has 0 radical (unpaired) electrons. The molecule has 1 aromatic heterocycles. The fraction of sp³-hybridized carbons (Fsp3) is 0.250. The molecule has 3 rings (SSSR count). The summed E-state index contributed by atoms with van der Waals surface area (Å²) in [5, 5.41) is 2.89. The number of methoxy groups -OCH3 is 1. The van der Waals surface area contributed by atoms with Gasteiger partial charge in [-0.15, -0.1) is 0 Å². The molecule has 0 fully saturated rings. The van der Waals surface area contributed by atoms with Crippen molar-refractivity contribution in [3.8, 4) is 5.75 Å². The summed E-state index contributed by atoms with van der Waals surface area (Å²) in [6.07, 6.45) is 0. The Labute approximate surface area is 152 Å². The molecular weight excluding hydrogens is 328 g/mol. The molecule has 1 amide bonds. The van der Waals surface area contributed by atoms with Gasteiger partial charge in [-0.1, -0.05) is 24.3 Å². The predicted octanol–water partition coefficient (Wildman–Crippen LogP) is 3.74. The second-order valence-electron chi connectivity index (χ2n) is 5.71. The van der Waals surface area contributed by atoms with Crippen molar-refractivity contribution in [2.24, 2.45) is 0 Å². The highest BCUT2D eigenvalue weighted by molar-refractivity contribution is 6.07. The van der Waals surface area contributed by atoms with Crippen molar-refractivity contribution in [3.05, 3.63) is 54.2 Å². The van der Waals surface area contributed by atoms with Gasteiger partial charge in [-0.3, -0.25) is 4.79 Å². The summed E-state index contributed by atoms with van der Waals surface area (Å²) in [4.78, 5) is 24.3. The Balaban J connectivity index is 2.06. The molecule has 2 aromatic carbocycles. The average molecular weight is 350 g/mol. The highest BCUT2D eigenvalue weighted by atomic mass is 16.5. The van der Waals surface area contributed by atoms with Crippen LogP contribution in [0.2, 0.25) is 0 Å². The first-order valence-corrected chi connectivity index (χ1v) is 8.64. The lowest BCUT2D eigenvalue weighted by Crippen LogP contribution is -2.28. The molecule has 0 spiro atoms. The van der Waals surface area contributed by atoms with Gasteiger partial charge < -0.3 is 15.0 Å². The Bertz CT molecular complexity index is 923. The van der Waals surface area contributed by atoms with Crippen molar-refractivity contribution in [2.75, 3.05) is 30.4 Å². The standard InChI is InChI=1S/C20H22N4O2/c1-4-24(5-2)19-18(21-14-10-6-7-11-15(14)22-19)20(25)23-16-12-8-9-13-17(16)26-3/h6-13H,4-5H2,1-3H3,(H,23,25). The molecule has 0 saturated carbocycles. The smallest absolute Gasteiger partial charge is 0.278 e. The lowest BCUT2D eigenvalue weighted by atomic mass is 10.2. The first-order valence-electron chi connectivity index (χ1n) is 8.64. The summed E-state index contributed by atoms with van der Waals surface area (Å²) < 4.78 is 5.31. The Kier molecular flexibility index (Phi) is 5.31. The van der Waals surface area contributed by atoms with Crippen LogP contribution in [-0.2, 0) is 0 Å². The molecule has 134 valence electrons. The van der Waals surface area contributed by atoms with Crippen LogP contribution in [-0.4, -0.2) is 36.1 Å². The van der Waals surface area contributed by atoms with E-state index in [1.54, 1.807) is 19.2 Å². The summed E-state index contributed by atoms with van der Waals surface area (Å²) in [6, 6.07) is 14.8. The fourth-order valence-corrected chi connectivity index (χ4v) is 2.82. The number of fused-ring (bicyclic) bond motifs is 1. The van der Waals surface area contributed by atoms with E-state index in [2.05, 4.69) is 10.3 Å². The van der Waals surface area contributed by atoms with E-state index < -0.39 is 0 Å². The normalized spacial score (nSPS) is 10.6. The van der Waals surface area contributed by atoms with E-state index in [4.69, 9.17) is 9.72 Å². The molecule has 0 aliphatic rings. The number of rotatable bonds is 6. The number of anilines is 2. The number of aromatic nitrogens is 2. The van der Waals surface area contributed by atoms with Crippen LogP contribution in [0.4, 0.5) is 11.5 Å². The van der Waals surface area contributed by atoms with Crippen LogP contribution >= 0.6 is 0 Å². The highest BCUT2D eigenvalue weighted by Gasteiger charge is 2.21. The molecule has 1 N–H and O–H groups in total. The minimum atomic E-state index is -0.311. The molecule has 3 aromatic rings. The maximum Gasteiger partial charge on any atom is 0.278 e. The van der Waals surface area contributed by atoms with Gasteiger partial charge in [0, 0.05) is 13.1 Å². The molecule has 6 heteroatoms. The fourth-order valence-electron chi connectivity index (χ4n) is 2.82. The van der Waals surface area contributed by atoms with Crippen LogP contribution in [0.15, 0.2) is 48.5 Å². The Morgan fingerprint density at radius 3 is 2.27 bits per heavy atom. The number of carbonyl (C=O) groups excluding carboxylic acids is 1. The number of benzene rings is 2. The quantitative estimate of drug-likeness (QED) is 0.733. The van der Waals surface area contributed by atoms with Crippen LogP contribution in [0.3, 0.4) is 0 Å². The maximum absolute atomic E-state index is 13.0. The zero-order valence-electron chi connectivity index (χ0n) is 15.2. The van der Waals surface area contributed by atoms with E-state index >= 15 is 0 Å². The van der Waals surface area contributed by atoms with Gasteiger partial charge in [-0.2, -0.15) is 0 Å². The van der Waals surface area contributed by atoms with Crippen molar-refractivity contribution in [1.29, 1.82) is 0 Å². The second kappa shape index (κ2) is 7.82. The van der Waals surface area contributed by atoms with Gasteiger partial charge in [-0.25, -0.2) is 9.97 Å². The molecule has 6 nitrogen and oxygen atoms in total. The molecule has 0 aliphatic carbocycles. The Hall–Kier alpha value is -3.15. The van der Waals surface area contributed by atoms with Crippen molar-refractivity contribution in [1.82, 2.24) is 9.97 Å². The number of nitrogens with zero attached hydrogens (tertiary/aromatic N) is 3. The molecule has 0 bridgehead atoms. The van der Waals surface area contributed by atoms with E-state index in [9.17, 15) is 4.79 Å². The Morgan fingerprint density at radius 2 is 1.62 bits per heavy atom. The molecular formula is C20H22N4O2. The third-order valence-corrected chi connectivity index (χ3v) is 4.19. The second-order valence-corrected chi connectivity index (χ2v) is 5.71. The molecule has 0 aliphatic heterocycles. The molecule has 1 heterocycles. The number of carbonyl (C=O) groups is 1.